The van der Waals surface area contributed by atoms with Crippen LogP contribution >= 0.6 is 11.3 Å². The predicted octanol–water partition coefficient (Wildman–Crippen LogP) is 16.9. The van der Waals surface area contributed by atoms with Gasteiger partial charge in [-0.25, -0.2) is 4.98 Å². The molecule has 0 N–H and O–H groups in total. The van der Waals surface area contributed by atoms with Crippen LogP contribution in [0.1, 0.15) is 25.0 Å². The maximum atomic E-state index is 5.02. The van der Waals surface area contributed by atoms with Crippen molar-refractivity contribution in [3.8, 4) is 77.3 Å². The van der Waals surface area contributed by atoms with E-state index in [1.54, 1.807) is 11.3 Å². The van der Waals surface area contributed by atoms with E-state index in [1.807, 2.05) is 0 Å². The molecule has 0 fully saturated rings. The van der Waals surface area contributed by atoms with Gasteiger partial charge < -0.3 is 0 Å². The molecule has 0 atom stereocenters. The van der Waals surface area contributed by atoms with Crippen LogP contribution in [0, 0.1) is 0 Å². The molecule has 0 bridgehead atoms. The summed E-state index contributed by atoms with van der Waals surface area (Å²) in [6.07, 6.45) is 0. The van der Waals surface area contributed by atoms with Crippen molar-refractivity contribution in [1.29, 1.82) is 0 Å². The molecule has 0 saturated heterocycles. The number of para-hydroxylation sites is 1. The lowest BCUT2D eigenvalue weighted by atomic mass is 9.80. The van der Waals surface area contributed by atoms with Gasteiger partial charge in [-0.05, 0) is 130 Å². The molecule has 292 valence electrons. The molecule has 12 rings (SSSR count). The van der Waals surface area contributed by atoms with E-state index in [9.17, 15) is 0 Å². The van der Waals surface area contributed by atoms with Crippen LogP contribution in [0.4, 0.5) is 0 Å². The summed E-state index contributed by atoms with van der Waals surface area (Å²) in [4.78, 5) is 5.02. The monoisotopic (exact) mass is 807 g/mol. The molecule has 0 saturated carbocycles. The lowest BCUT2D eigenvalue weighted by Crippen LogP contribution is -2.15. The van der Waals surface area contributed by atoms with Gasteiger partial charge in [0, 0.05) is 11.0 Å². The Morgan fingerprint density at radius 2 is 0.790 bits per heavy atom. The predicted molar refractivity (Wildman–Crippen MR) is 265 cm³/mol. The number of rotatable bonds is 6. The van der Waals surface area contributed by atoms with E-state index in [0.717, 1.165) is 10.5 Å². The summed E-state index contributed by atoms with van der Waals surface area (Å²) in [5, 5.41) is 6.04. The van der Waals surface area contributed by atoms with Crippen molar-refractivity contribution in [3.05, 3.63) is 223 Å². The Labute approximate surface area is 366 Å². The standard InChI is InChI=1S/C60H41NS/c1-60(2)53-36-41(29-32-45(53)46-33-31-42(37-54(46)60)59-61-55-27-15-16-28-56(55)62-59)40-30-34-51-52(35-40)58(48-24-12-10-22-44(48)39-19-7-4-8-20-39)50-26-14-13-25-49(50)57(51)47-23-11-9-21-43(47)38-17-5-3-6-18-38/h3-37H,1-2H3. The lowest BCUT2D eigenvalue weighted by Gasteiger charge is -2.23. The highest BCUT2D eigenvalue weighted by Crippen LogP contribution is 2.52. The second kappa shape index (κ2) is 14.4. The van der Waals surface area contributed by atoms with E-state index >= 15 is 0 Å². The topological polar surface area (TPSA) is 12.9 Å². The molecule has 0 aliphatic heterocycles. The zero-order chi connectivity index (χ0) is 41.4. The maximum absolute atomic E-state index is 5.02. The van der Waals surface area contributed by atoms with Crippen LogP contribution in [0.25, 0.3) is 109 Å². The molecular formula is C60H41NS. The summed E-state index contributed by atoms with van der Waals surface area (Å²) in [7, 11) is 0. The molecule has 0 radical (unpaired) electrons. The Kier molecular flexibility index (Phi) is 8.45. The van der Waals surface area contributed by atoms with E-state index in [4.69, 9.17) is 4.98 Å². The average molecular weight is 808 g/mol. The van der Waals surface area contributed by atoms with Gasteiger partial charge in [-0.3, -0.25) is 0 Å². The summed E-state index contributed by atoms with van der Waals surface area (Å²) >= 11 is 1.77. The average Bonchev–Trinajstić information content (AvgIpc) is 3.87. The van der Waals surface area contributed by atoms with E-state index in [0.29, 0.717) is 0 Å². The molecule has 0 spiro atoms. The fraction of sp³-hybridized carbons (Fsp3) is 0.0500. The molecule has 62 heavy (non-hydrogen) atoms. The first kappa shape index (κ1) is 36.5. The zero-order valence-corrected chi connectivity index (χ0v) is 35.4. The summed E-state index contributed by atoms with van der Waals surface area (Å²) in [6.45, 7) is 4.76. The minimum Gasteiger partial charge on any atom is -0.236 e. The van der Waals surface area contributed by atoms with Gasteiger partial charge in [-0.15, -0.1) is 11.3 Å². The fourth-order valence-corrected chi connectivity index (χ4v) is 11.1. The minimum atomic E-state index is -0.186. The molecule has 10 aromatic carbocycles. The van der Waals surface area contributed by atoms with Crippen molar-refractivity contribution in [2.75, 3.05) is 0 Å². The van der Waals surface area contributed by atoms with Gasteiger partial charge in [-0.2, -0.15) is 0 Å². The van der Waals surface area contributed by atoms with Crippen molar-refractivity contribution in [2.45, 2.75) is 19.3 Å². The number of fused-ring (bicyclic) bond motifs is 6. The van der Waals surface area contributed by atoms with Crippen LogP contribution in [0.3, 0.4) is 0 Å². The van der Waals surface area contributed by atoms with Crippen molar-refractivity contribution >= 4 is 43.1 Å². The summed E-state index contributed by atoms with van der Waals surface area (Å²) in [5.41, 5.74) is 19.7. The Morgan fingerprint density at radius 1 is 0.339 bits per heavy atom. The first-order chi connectivity index (χ1) is 30.5. The number of aromatic nitrogens is 1. The Balaban J connectivity index is 1.08. The number of thiazole rings is 1. The van der Waals surface area contributed by atoms with Gasteiger partial charge in [0.25, 0.3) is 0 Å². The first-order valence-corrected chi connectivity index (χ1v) is 22.3. The van der Waals surface area contributed by atoms with Crippen LogP contribution in [0.5, 0.6) is 0 Å². The van der Waals surface area contributed by atoms with Crippen LogP contribution in [-0.4, -0.2) is 4.98 Å². The van der Waals surface area contributed by atoms with Gasteiger partial charge in [0.2, 0.25) is 0 Å². The van der Waals surface area contributed by atoms with Crippen LogP contribution in [0.15, 0.2) is 212 Å². The molecule has 1 aliphatic rings. The molecule has 2 heteroatoms. The number of hydrogen-bond donors (Lipinski definition) is 0. The molecule has 1 nitrogen and oxygen atoms in total. The Morgan fingerprint density at radius 3 is 1.40 bits per heavy atom. The smallest absolute Gasteiger partial charge is 0.124 e. The molecule has 1 aliphatic carbocycles. The normalized spacial score (nSPS) is 12.8. The van der Waals surface area contributed by atoms with Crippen LogP contribution in [-0.2, 0) is 5.41 Å². The number of hydrogen-bond acceptors (Lipinski definition) is 2. The van der Waals surface area contributed by atoms with E-state index in [2.05, 4.69) is 226 Å². The van der Waals surface area contributed by atoms with Crippen molar-refractivity contribution in [3.63, 3.8) is 0 Å². The molecule has 0 unspecified atom stereocenters. The third-order valence-corrected chi connectivity index (χ3v) is 14.2. The molecule has 11 aromatic rings. The second-order valence-electron chi connectivity index (χ2n) is 17.0. The largest absolute Gasteiger partial charge is 0.236 e. The van der Waals surface area contributed by atoms with Crippen molar-refractivity contribution < 1.29 is 0 Å². The van der Waals surface area contributed by atoms with Gasteiger partial charge in [-0.1, -0.05) is 196 Å². The Bertz CT molecular complexity index is 3510. The summed E-state index contributed by atoms with van der Waals surface area (Å²) < 4.78 is 1.22. The van der Waals surface area contributed by atoms with Gasteiger partial charge in [0.05, 0.1) is 10.2 Å². The van der Waals surface area contributed by atoms with Crippen LogP contribution < -0.4 is 0 Å². The highest BCUT2D eigenvalue weighted by molar-refractivity contribution is 7.21. The highest BCUT2D eigenvalue weighted by Gasteiger charge is 2.36. The van der Waals surface area contributed by atoms with Gasteiger partial charge >= 0.3 is 0 Å². The SMILES string of the molecule is CC1(C)c2cc(-c3ccc4c(-c5ccccc5-c5ccccc5)c5ccccc5c(-c5ccccc5-c5ccccc5)c4c3)ccc2-c2ccc(-c3nc4ccccc4s3)cc21. The third-order valence-electron chi connectivity index (χ3n) is 13.1. The lowest BCUT2D eigenvalue weighted by molar-refractivity contribution is 0.661. The first-order valence-electron chi connectivity index (χ1n) is 21.5. The molecule has 0 amide bonds. The van der Waals surface area contributed by atoms with Crippen LogP contribution in [0.2, 0.25) is 0 Å². The van der Waals surface area contributed by atoms with Crippen molar-refractivity contribution in [1.82, 2.24) is 4.98 Å². The van der Waals surface area contributed by atoms with E-state index < -0.39 is 0 Å². The summed E-state index contributed by atoms with van der Waals surface area (Å²) in [6, 6.07) is 78.3. The van der Waals surface area contributed by atoms with Gasteiger partial charge in [0.1, 0.15) is 5.01 Å². The van der Waals surface area contributed by atoms with Crippen molar-refractivity contribution in [2.24, 2.45) is 0 Å². The van der Waals surface area contributed by atoms with E-state index in [1.165, 1.54) is 110 Å². The summed E-state index contributed by atoms with van der Waals surface area (Å²) in [5.74, 6) is 0. The highest BCUT2D eigenvalue weighted by atomic mass is 32.1. The Hall–Kier alpha value is -7.39. The van der Waals surface area contributed by atoms with E-state index in [-0.39, 0.29) is 5.41 Å². The fourth-order valence-electron chi connectivity index (χ4n) is 10.1. The second-order valence-corrected chi connectivity index (χ2v) is 18.0. The molecule has 1 heterocycles. The molecule has 1 aromatic heterocycles. The minimum absolute atomic E-state index is 0.186. The maximum Gasteiger partial charge on any atom is 0.124 e. The quantitative estimate of drug-likeness (QED) is 0.153. The number of nitrogens with zero attached hydrogens (tertiary/aromatic N) is 1. The third kappa shape index (κ3) is 5.79. The zero-order valence-electron chi connectivity index (χ0n) is 34.6. The number of benzene rings is 10. The van der Waals surface area contributed by atoms with Gasteiger partial charge in [0.15, 0.2) is 0 Å². The molecular weight excluding hydrogens is 767 g/mol.